The maximum Gasteiger partial charge on any atom is 0.241 e. The van der Waals surface area contributed by atoms with Crippen LogP contribution in [0.1, 0.15) is 44.6 Å². The number of nitrogen functional groups attached to an aromatic ring is 1. The molecular formula is C15H23FN2O2S. The SMILES string of the molecule is Cc1c(N)cc(S(=O)(=O)NC2CCCCCC2C)cc1F. The first kappa shape index (κ1) is 16.2. The fraction of sp³-hybridized carbons (Fsp3) is 0.600. The normalized spacial score (nSPS) is 23.8. The highest BCUT2D eigenvalue weighted by Crippen LogP contribution is 2.26. The van der Waals surface area contributed by atoms with Crippen LogP contribution < -0.4 is 10.5 Å². The first-order valence-corrected chi connectivity index (χ1v) is 8.87. The summed E-state index contributed by atoms with van der Waals surface area (Å²) in [6.07, 6.45) is 5.11. The van der Waals surface area contributed by atoms with Crippen LogP contribution in [0.25, 0.3) is 0 Å². The van der Waals surface area contributed by atoms with E-state index in [0.717, 1.165) is 38.2 Å². The largest absolute Gasteiger partial charge is 0.398 e. The number of hydrogen-bond donors (Lipinski definition) is 2. The van der Waals surface area contributed by atoms with Gasteiger partial charge < -0.3 is 5.73 Å². The Morgan fingerprint density at radius 3 is 2.57 bits per heavy atom. The smallest absolute Gasteiger partial charge is 0.241 e. The minimum absolute atomic E-state index is 0.0944. The van der Waals surface area contributed by atoms with Crippen LogP contribution in [0.3, 0.4) is 0 Å². The lowest BCUT2D eigenvalue weighted by atomic mass is 9.98. The number of anilines is 1. The van der Waals surface area contributed by atoms with Crippen molar-refractivity contribution in [2.45, 2.75) is 56.9 Å². The molecule has 0 heterocycles. The van der Waals surface area contributed by atoms with E-state index in [2.05, 4.69) is 11.6 Å². The molecule has 21 heavy (non-hydrogen) atoms. The molecule has 1 aromatic carbocycles. The van der Waals surface area contributed by atoms with Crippen molar-refractivity contribution in [2.75, 3.05) is 5.73 Å². The Balaban J connectivity index is 2.25. The van der Waals surface area contributed by atoms with Crippen molar-refractivity contribution in [3.05, 3.63) is 23.5 Å². The number of rotatable bonds is 3. The Kier molecular flexibility index (Phi) is 4.88. The van der Waals surface area contributed by atoms with Crippen LogP contribution in [0, 0.1) is 18.7 Å². The molecule has 3 N–H and O–H groups in total. The summed E-state index contributed by atoms with van der Waals surface area (Å²) >= 11 is 0. The van der Waals surface area contributed by atoms with Gasteiger partial charge >= 0.3 is 0 Å². The Morgan fingerprint density at radius 2 is 1.90 bits per heavy atom. The molecule has 0 radical (unpaired) electrons. The van der Waals surface area contributed by atoms with E-state index in [1.54, 1.807) is 0 Å². The second-order valence-corrected chi connectivity index (χ2v) is 7.68. The molecule has 0 aromatic heterocycles. The Morgan fingerprint density at radius 1 is 1.24 bits per heavy atom. The predicted molar refractivity (Wildman–Crippen MR) is 81.9 cm³/mol. The van der Waals surface area contributed by atoms with Crippen molar-refractivity contribution in [1.82, 2.24) is 4.72 Å². The second kappa shape index (κ2) is 6.32. The summed E-state index contributed by atoms with van der Waals surface area (Å²) in [5.41, 5.74) is 6.10. The van der Waals surface area contributed by atoms with Gasteiger partial charge in [0.15, 0.2) is 0 Å². The summed E-state index contributed by atoms with van der Waals surface area (Å²) in [5, 5.41) is 0. The summed E-state index contributed by atoms with van der Waals surface area (Å²) in [5.74, 6) is -0.306. The summed E-state index contributed by atoms with van der Waals surface area (Å²) in [6, 6.07) is 2.26. The van der Waals surface area contributed by atoms with Gasteiger partial charge in [-0.2, -0.15) is 0 Å². The third kappa shape index (κ3) is 3.74. The minimum atomic E-state index is -3.74. The topological polar surface area (TPSA) is 72.2 Å². The van der Waals surface area contributed by atoms with E-state index in [-0.39, 0.29) is 28.1 Å². The zero-order valence-electron chi connectivity index (χ0n) is 12.5. The molecule has 2 rings (SSSR count). The van der Waals surface area contributed by atoms with Gasteiger partial charge in [-0.1, -0.05) is 26.2 Å². The fourth-order valence-corrected chi connectivity index (χ4v) is 4.19. The van der Waals surface area contributed by atoms with E-state index < -0.39 is 15.8 Å². The quantitative estimate of drug-likeness (QED) is 0.665. The molecule has 1 aliphatic carbocycles. The number of nitrogens with two attached hydrogens (primary N) is 1. The molecular weight excluding hydrogens is 291 g/mol. The molecule has 2 unspecified atom stereocenters. The molecule has 0 amide bonds. The predicted octanol–water partition coefficient (Wildman–Crippen LogP) is 2.96. The lowest BCUT2D eigenvalue weighted by molar-refractivity contribution is 0.399. The molecule has 118 valence electrons. The van der Waals surface area contributed by atoms with Crippen LogP contribution in [0.2, 0.25) is 0 Å². The highest BCUT2D eigenvalue weighted by Gasteiger charge is 2.26. The van der Waals surface area contributed by atoms with Crippen molar-refractivity contribution in [3.8, 4) is 0 Å². The van der Waals surface area contributed by atoms with Crippen molar-refractivity contribution in [1.29, 1.82) is 0 Å². The standard InChI is InChI=1S/C15H23FN2O2S/c1-10-6-4-3-5-7-15(10)18-21(19,20)12-8-13(16)11(2)14(17)9-12/h8-10,15,18H,3-7,17H2,1-2H3. The van der Waals surface area contributed by atoms with Gasteiger partial charge in [-0.3, -0.25) is 0 Å². The average molecular weight is 314 g/mol. The molecule has 0 aliphatic heterocycles. The molecule has 1 saturated carbocycles. The summed E-state index contributed by atoms with van der Waals surface area (Å²) < 4.78 is 41.3. The fourth-order valence-electron chi connectivity index (χ4n) is 2.76. The third-order valence-electron chi connectivity index (χ3n) is 4.34. The third-order valence-corrected chi connectivity index (χ3v) is 5.81. The number of nitrogens with one attached hydrogen (secondary N) is 1. The van der Waals surface area contributed by atoms with E-state index in [0.29, 0.717) is 0 Å². The van der Waals surface area contributed by atoms with Crippen molar-refractivity contribution < 1.29 is 12.8 Å². The Labute approximate surface area is 126 Å². The van der Waals surface area contributed by atoms with Gasteiger partial charge in [0.25, 0.3) is 0 Å². The van der Waals surface area contributed by atoms with Gasteiger partial charge in [0.05, 0.1) is 4.90 Å². The van der Waals surface area contributed by atoms with Crippen LogP contribution >= 0.6 is 0 Å². The number of halogens is 1. The lowest BCUT2D eigenvalue weighted by Crippen LogP contribution is -2.38. The number of sulfonamides is 1. The zero-order valence-corrected chi connectivity index (χ0v) is 13.3. The second-order valence-electron chi connectivity index (χ2n) is 5.96. The maximum absolute atomic E-state index is 13.7. The molecule has 0 saturated heterocycles. The van der Waals surface area contributed by atoms with Gasteiger partial charge in [0.2, 0.25) is 10.0 Å². The molecule has 1 aliphatic rings. The first-order chi connectivity index (χ1) is 9.81. The van der Waals surface area contributed by atoms with E-state index >= 15 is 0 Å². The van der Waals surface area contributed by atoms with Crippen LogP contribution in [-0.4, -0.2) is 14.5 Å². The molecule has 1 aromatic rings. The van der Waals surface area contributed by atoms with Crippen LogP contribution in [0.5, 0.6) is 0 Å². The maximum atomic E-state index is 13.7. The Hall–Kier alpha value is -1.14. The monoisotopic (exact) mass is 314 g/mol. The lowest BCUT2D eigenvalue weighted by Gasteiger charge is -2.22. The van der Waals surface area contributed by atoms with Gasteiger partial charge in [-0.25, -0.2) is 17.5 Å². The molecule has 1 fully saturated rings. The van der Waals surface area contributed by atoms with Gasteiger partial charge in [-0.05, 0) is 37.8 Å². The summed E-state index contributed by atoms with van der Waals surface area (Å²) in [6.45, 7) is 3.59. The highest BCUT2D eigenvalue weighted by molar-refractivity contribution is 7.89. The number of hydrogen-bond acceptors (Lipinski definition) is 3. The van der Waals surface area contributed by atoms with Crippen LogP contribution in [0.4, 0.5) is 10.1 Å². The minimum Gasteiger partial charge on any atom is -0.398 e. The Bertz CT molecular complexity index is 593. The molecule has 0 spiro atoms. The average Bonchev–Trinajstić information content (AvgIpc) is 2.60. The van der Waals surface area contributed by atoms with Crippen molar-refractivity contribution in [2.24, 2.45) is 5.92 Å². The van der Waals surface area contributed by atoms with Crippen molar-refractivity contribution >= 4 is 15.7 Å². The van der Waals surface area contributed by atoms with E-state index in [1.165, 1.54) is 13.0 Å². The molecule has 6 heteroatoms. The van der Waals surface area contributed by atoms with Gasteiger partial charge in [0.1, 0.15) is 5.82 Å². The molecule has 0 bridgehead atoms. The molecule has 2 atom stereocenters. The number of benzene rings is 1. The van der Waals surface area contributed by atoms with Crippen LogP contribution in [-0.2, 0) is 10.0 Å². The summed E-state index contributed by atoms with van der Waals surface area (Å²) in [7, 11) is -3.74. The van der Waals surface area contributed by atoms with E-state index in [9.17, 15) is 12.8 Å². The summed E-state index contributed by atoms with van der Waals surface area (Å²) in [4.78, 5) is -0.0976. The molecule has 4 nitrogen and oxygen atoms in total. The zero-order chi connectivity index (χ0) is 15.6. The van der Waals surface area contributed by atoms with Gasteiger partial charge in [0, 0.05) is 17.3 Å². The van der Waals surface area contributed by atoms with Gasteiger partial charge in [-0.15, -0.1) is 0 Å². The van der Waals surface area contributed by atoms with E-state index in [1.807, 2.05) is 0 Å². The highest BCUT2D eigenvalue weighted by atomic mass is 32.2. The van der Waals surface area contributed by atoms with Crippen LogP contribution in [0.15, 0.2) is 17.0 Å². The van der Waals surface area contributed by atoms with E-state index in [4.69, 9.17) is 5.73 Å². The first-order valence-electron chi connectivity index (χ1n) is 7.39. The van der Waals surface area contributed by atoms with Crippen molar-refractivity contribution in [3.63, 3.8) is 0 Å².